The number of nitrogens with one attached hydrogen (secondary N) is 1. The maximum Gasteiger partial charge on any atom is 0.234 e. The highest BCUT2D eigenvalue weighted by molar-refractivity contribution is 9.10. The van der Waals surface area contributed by atoms with Gasteiger partial charge < -0.3 is 10.1 Å². The fourth-order valence-corrected chi connectivity index (χ4v) is 4.22. The summed E-state index contributed by atoms with van der Waals surface area (Å²) in [5.74, 6) is 0.608. The number of carbonyl (C=O) groups is 1. The molecule has 0 atom stereocenters. The molecule has 1 N–H and O–H groups in total. The second-order valence-corrected chi connectivity index (χ2v) is 8.75. The summed E-state index contributed by atoms with van der Waals surface area (Å²) in [6.45, 7) is 2.51. The molecule has 1 amide bonds. The number of hydrogen-bond donors (Lipinski definition) is 1. The van der Waals surface area contributed by atoms with E-state index in [1.165, 1.54) is 23.9 Å². The highest BCUT2D eigenvalue weighted by Crippen LogP contribution is 2.29. The van der Waals surface area contributed by atoms with E-state index in [-0.39, 0.29) is 17.3 Å². The van der Waals surface area contributed by atoms with Crippen molar-refractivity contribution in [2.75, 3.05) is 17.7 Å². The third-order valence-corrected chi connectivity index (χ3v) is 6.03. The van der Waals surface area contributed by atoms with Crippen LogP contribution >= 0.6 is 27.7 Å². The number of aromatic nitrogens is 3. The van der Waals surface area contributed by atoms with E-state index in [1.54, 1.807) is 6.07 Å². The lowest BCUT2D eigenvalue weighted by Gasteiger charge is -2.12. The molecule has 6 nitrogen and oxygen atoms in total. The Balaban J connectivity index is 1.58. The zero-order valence-corrected chi connectivity index (χ0v) is 20.1. The van der Waals surface area contributed by atoms with Crippen LogP contribution in [0.15, 0.2) is 82.4 Å². The number of anilines is 1. The molecule has 3 aromatic carbocycles. The summed E-state index contributed by atoms with van der Waals surface area (Å²) in [6, 6.07) is 21.8. The lowest BCUT2D eigenvalue weighted by atomic mass is 10.2. The number of halogens is 2. The van der Waals surface area contributed by atoms with Gasteiger partial charge in [-0.2, -0.15) is 0 Å². The van der Waals surface area contributed by atoms with Gasteiger partial charge in [-0.15, -0.1) is 10.2 Å². The Morgan fingerprint density at radius 2 is 1.85 bits per heavy atom. The third-order valence-electron chi connectivity index (χ3n) is 4.61. The third kappa shape index (κ3) is 5.61. The smallest absolute Gasteiger partial charge is 0.234 e. The molecule has 9 heteroatoms. The SMILES string of the molecule is CCOc1ccc(-n2c(SCC(=O)Nc3ccc(Br)cc3F)nnc2-c2ccccc2)cc1. The fraction of sp³-hybridized carbons (Fsp3) is 0.125. The largest absolute Gasteiger partial charge is 0.494 e. The zero-order valence-electron chi connectivity index (χ0n) is 17.7. The zero-order chi connectivity index (χ0) is 23.2. The second kappa shape index (κ2) is 10.6. The Bertz CT molecular complexity index is 1250. The lowest BCUT2D eigenvalue weighted by Crippen LogP contribution is -2.15. The summed E-state index contributed by atoms with van der Waals surface area (Å²) in [5, 5.41) is 11.8. The number of nitrogens with zero attached hydrogens (tertiary/aromatic N) is 3. The molecule has 33 heavy (non-hydrogen) atoms. The van der Waals surface area contributed by atoms with Crippen LogP contribution < -0.4 is 10.1 Å². The van der Waals surface area contributed by atoms with Crippen LogP contribution in [0.3, 0.4) is 0 Å². The topological polar surface area (TPSA) is 69.0 Å². The minimum absolute atomic E-state index is 0.0411. The van der Waals surface area contributed by atoms with E-state index in [1.807, 2.05) is 66.1 Å². The van der Waals surface area contributed by atoms with Gasteiger partial charge in [0.05, 0.1) is 18.0 Å². The van der Waals surface area contributed by atoms with Gasteiger partial charge in [0.15, 0.2) is 11.0 Å². The van der Waals surface area contributed by atoms with Crippen LogP contribution in [0.5, 0.6) is 5.75 Å². The molecule has 168 valence electrons. The Hall–Kier alpha value is -3.17. The molecule has 1 aromatic heterocycles. The Morgan fingerprint density at radius 1 is 1.09 bits per heavy atom. The number of rotatable bonds is 8. The average molecular weight is 527 g/mol. The van der Waals surface area contributed by atoms with Crippen molar-refractivity contribution in [3.8, 4) is 22.8 Å². The molecule has 0 spiro atoms. The number of benzene rings is 3. The minimum atomic E-state index is -0.508. The molecule has 1 heterocycles. The van der Waals surface area contributed by atoms with Crippen molar-refractivity contribution in [3.63, 3.8) is 0 Å². The Morgan fingerprint density at radius 3 is 2.55 bits per heavy atom. The normalized spacial score (nSPS) is 10.8. The van der Waals surface area contributed by atoms with Crippen molar-refractivity contribution in [3.05, 3.63) is 83.1 Å². The van der Waals surface area contributed by atoms with Gasteiger partial charge in [0.1, 0.15) is 11.6 Å². The molecule has 4 aromatic rings. The van der Waals surface area contributed by atoms with Gasteiger partial charge in [0.25, 0.3) is 0 Å². The second-order valence-electron chi connectivity index (χ2n) is 6.90. The molecule has 0 saturated carbocycles. The molecule has 0 fully saturated rings. The molecule has 4 rings (SSSR count). The number of hydrogen-bond acceptors (Lipinski definition) is 5. The van der Waals surface area contributed by atoms with Crippen LogP contribution in [-0.4, -0.2) is 33.0 Å². The minimum Gasteiger partial charge on any atom is -0.494 e. The van der Waals surface area contributed by atoms with E-state index >= 15 is 0 Å². The van der Waals surface area contributed by atoms with Gasteiger partial charge in [-0.3, -0.25) is 9.36 Å². The quantitative estimate of drug-likeness (QED) is 0.286. The number of carbonyl (C=O) groups excluding carboxylic acids is 1. The van der Waals surface area contributed by atoms with E-state index < -0.39 is 5.82 Å². The van der Waals surface area contributed by atoms with E-state index in [4.69, 9.17) is 4.74 Å². The summed E-state index contributed by atoms with van der Waals surface area (Å²) in [7, 11) is 0. The molecule has 0 bridgehead atoms. The van der Waals surface area contributed by atoms with Crippen LogP contribution in [0, 0.1) is 5.82 Å². The first-order valence-corrected chi connectivity index (χ1v) is 11.9. The van der Waals surface area contributed by atoms with Gasteiger partial charge in [0, 0.05) is 15.7 Å². The molecule has 0 unspecified atom stereocenters. The first-order chi connectivity index (χ1) is 16.0. The maximum absolute atomic E-state index is 14.0. The summed E-state index contributed by atoms with van der Waals surface area (Å²) >= 11 is 4.43. The lowest BCUT2D eigenvalue weighted by molar-refractivity contribution is -0.113. The Kier molecular flexibility index (Phi) is 7.41. The summed E-state index contributed by atoms with van der Waals surface area (Å²) < 4.78 is 22.1. The van der Waals surface area contributed by atoms with Crippen LogP contribution in [0.2, 0.25) is 0 Å². The van der Waals surface area contributed by atoms with E-state index in [9.17, 15) is 9.18 Å². The monoisotopic (exact) mass is 526 g/mol. The van der Waals surface area contributed by atoms with E-state index in [0.717, 1.165) is 17.0 Å². The standard InChI is InChI=1S/C24H20BrFN4O2S/c1-2-32-19-11-9-18(10-12-19)30-23(16-6-4-3-5-7-16)28-29-24(30)33-15-22(31)27-21-13-8-17(25)14-20(21)26/h3-14H,2,15H2,1H3,(H,27,31). The predicted molar refractivity (Wildman–Crippen MR) is 131 cm³/mol. The molecule has 0 aliphatic carbocycles. The van der Waals surface area contributed by atoms with Crippen LogP contribution in [0.25, 0.3) is 17.1 Å². The van der Waals surface area contributed by atoms with Crippen molar-refractivity contribution in [1.29, 1.82) is 0 Å². The van der Waals surface area contributed by atoms with Crippen molar-refractivity contribution >= 4 is 39.3 Å². The van der Waals surface area contributed by atoms with Gasteiger partial charge in [0.2, 0.25) is 5.91 Å². The highest BCUT2D eigenvalue weighted by Gasteiger charge is 2.18. The van der Waals surface area contributed by atoms with Crippen LogP contribution in [0.1, 0.15) is 6.92 Å². The van der Waals surface area contributed by atoms with Crippen molar-refractivity contribution in [1.82, 2.24) is 14.8 Å². The van der Waals surface area contributed by atoms with E-state index in [2.05, 4.69) is 31.4 Å². The summed E-state index contributed by atoms with van der Waals surface area (Å²) in [4.78, 5) is 12.5. The highest BCUT2D eigenvalue weighted by atomic mass is 79.9. The molecule has 0 saturated heterocycles. The summed E-state index contributed by atoms with van der Waals surface area (Å²) in [6.07, 6.45) is 0. The van der Waals surface area contributed by atoms with Gasteiger partial charge in [-0.05, 0) is 49.4 Å². The van der Waals surface area contributed by atoms with Crippen molar-refractivity contribution in [2.24, 2.45) is 0 Å². The van der Waals surface area contributed by atoms with Crippen molar-refractivity contribution < 1.29 is 13.9 Å². The van der Waals surface area contributed by atoms with Gasteiger partial charge in [-0.1, -0.05) is 58.0 Å². The van der Waals surface area contributed by atoms with Crippen molar-refractivity contribution in [2.45, 2.75) is 12.1 Å². The van der Waals surface area contributed by atoms with Gasteiger partial charge >= 0.3 is 0 Å². The molecular formula is C24H20BrFN4O2S. The average Bonchev–Trinajstić information content (AvgIpc) is 3.25. The molecule has 0 radical (unpaired) electrons. The Labute approximate surface area is 203 Å². The maximum atomic E-state index is 14.0. The molecular weight excluding hydrogens is 507 g/mol. The molecule has 0 aliphatic heterocycles. The first kappa shape index (κ1) is 23.0. The van der Waals surface area contributed by atoms with Gasteiger partial charge in [-0.25, -0.2) is 4.39 Å². The molecule has 0 aliphatic rings. The number of amides is 1. The van der Waals surface area contributed by atoms with Crippen LogP contribution in [0.4, 0.5) is 10.1 Å². The number of ether oxygens (including phenoxy) is 1. The summed E-state index contributed by atoms with van der Waals surface area (Å²) in [5.41, 5.74) is 1.86. The first-order valence-electron chi connectivity index (χ1n) is 10.2. The van der Waals surface area contributed by atoms with E-state index in [0.29, 0.717) is 22.1 Å². The number of thioether (sulfide) groups is 1. The fourth-order valence-electron chi connectivity index (χ4n) is 3.14. The van der Waals surface area contributed by atoms with Crippen LogP contribution in [-0.2, 0) is 4.79 Å². The predicted octanol–water partition coefficient (Wildman–Crippen LogP) is 5.97.